The van der Waals surface area contributed by atoms with Crippen LogP contribution >= 0.6 is 27.3 Å². The minimum Gasteiger partial charge on any atom is -0.492 e. The van der Waals surface area contributed by atoms with Crippen molar-refractivity contribution in [3.05, 3.63) is 44.8 Å². The number of nitrogens with one attached hydrogen (secondary N) is 1. The number of anilines is 1. The molecule has 0 saturated carbocycles. The molecule has 2 nitrogen and oxygen atoms in total. The van der Waals surface area contributed by atoms with Crippen LogP contribution in [0.3, 0.4) is 0 Å². The van der Waals surface area contributed by atoms with Crippen LogP contribution in [0.4, 0.5) is 10.1 Å². The summed E-state index contributed by atoms with van der Waals surface area (Å²) in [6.07, 6.45) is 0. The average molecular weight is 344 g/mol. The number of hydrogen-bond acceptors (Lipinski definition) is 3. The highest BCUT2D eigenvalue weighted by atomic mass is 79.9. The van der Waals surface area contributed by atoms with Gasteiger partial charge in [0.15, 0.2) is 0 Å². The molecule has 1 heterocycles. The van der Waals surface area contributed by atoms with Crippen LogP contribution in [0.5, 0.6) is 5.75 Å². The van der Waals surface area contributed by atoms with E-state index in [1.807, 2.05) is 12.3 Å². The van der Waals surface area contributed by atoms with Gasteiger partial charge in [-0.15, -0.1) is 11.3 Å². The van der Waals surface area contributed by atoms with Crippen molar-refractivity contribution in [2.24, 2.45) is 0 Å². The number of thiophene rings is 1. The summed E-state index contributed by atoms with van der Waals surface area (Å²) in [6, 6.07) is 6.76. The number of rotatable bonds is 5. The van der Waals surface area contributed by atoms with Crippen molar-refractivity contribution in [2.45, 2.75) is 19.9 Å². The molecule has 0 spiro atoms. The lowest BCUT2D eigenvalue weighted by Gasteiger charge is -2.17. The maximum Gasteiger partial charge on any atom is 0.145 e. The largest absolute Gasteiger partial charge is 0.492 e. The van der Waals surface area contributed by atoms with Crippen molar-refractivity contribution in [3.8, 4) is 5.75 Å². The third-order valence-corrected chi connectivity index (χ3v) is 4.51. The Kier molecular flexibility index (Phi) is 4.82. The fourth-order valence-corrected chi connectivity index (χ4v) is 3.20. The predicted octanol–water partition coefficient (Wildman–Crippen LogP) is 5.22. The fourth-order valence-electron chi connectivity index (χ4n) is 1.75. The lowest BCUT2D eigenvalue weighted by Crippen LogP contribution is -2.07. The molecule has 1 atom stereocenters. The number of halogens is 2. The molecular formula is C14H15BrFNOS. The average Bonchev–Trinajstić information content (AvgIpc) is 2.80. The quantitative estimate of drug-likeness (QED) is 0.803. The molecule has 1 aromatic heterocycles. The SMILES string of the molecule is CCOc1cc(F)ccc1NC(C)c1cc(Br)cs1. The Labute approximate surface area is 124 Å². The summed E-state index contributed by atoms with van der Waals surface area (Å²) in [5.41, 5.74) is 0.806. The van der Waals surface area contributed by atoms with E-state index in [4.69, 9.17) is 4.74 Å². The highest BCUT2D eigenvalue weighted by molar-refractivity contribution is 9.10. The molecule has 19 heavy (non-hydrogen) atoms. The molecule has 1 unspecified atom stereocenters. The molecule has 1 N–H and O–H groups in total. The number of hydrogen-bond donors (Lipinski definition) is 1. The van der Waals surface area contributed by atoms with Crippen molar-refractivity contribution >= 4 is 33.0 Å². The molecule has 102 valence electrons. The van der Waals surface area contributed by atoms with Gasteiger partial charge in [-0.3, -0.25) is 0 Å². The van der Waals surface area contributed by atoms with Crippen LogP contribution in [0, 0.1) is 5.82 Å². The van der Waals surface area contributed by atoms with E-state index >= 15 is 0 Å². The van der Waals surface area contributed by atoms with Gasteiger partial charge in [-0.05, 0) is 48.0 Å². The predicted molar refractivity (Wildman–Crippen MR) is 81.6 cm³/mol. The van der Waals surface area contributed by atoms with Gasteiger partial charge in [0.05, 0.1) is 18.3 Å². The first-order chi connectivity index (χ1) is 9.10. The molecule has 0 amide bonds. The van der Waals surface area contributed by atoms with Crippen molar-refractivity contribution in [2.75, 3.05) is 11.9 Å². The summed E-state index contributed by atoms with van der Waals surface area (Å²) in [6.45, 7) is 4.46. The van der Waals surface area contributed by atoms with Crippen LogP contribution in [-0.4, -0.2) is 6.61 Å². The monoisotopic (exact) mass is 343 g/mol. The van der Waals surface area contributed by atoms with Gasteiger partial charge >= 0.3 is 0 Å². The molecule has 0 radical (unpaired) electrons. The zero-order valence-electron chi connectivity index (χ0n) is 10.7. The number of benzene rings is 1. The molecule has 5 heteroatoms. The Morgan fingerprint density at radius 2 is 2.21 bits per heavy atom. The van der Waals surface area contributed by atoms with E-state index in [1.54, 1.807) is 17.4 Å². The first kappa shape index (κ1) is 14.3. The van der Waals surface area contributed by atoms with Gasteiger partial charge in [0.25, 0.3) is 0 Å². The summed E-state index contributed by atoms with van der Waals surface area (Å²) in [4.78, 5) is 1.21. The van der Waals surface area contributed by atoms with Crippen molar-refractivity contribution in [3.63, 3.8) is 0 Å². The maximum atomic E-state index is 13.2. The van der Waals surface area contributed by atoms with Gasteiger partial charge in [-0.1, -0.05) is 0 Å². The molecule has 0 fully saturated rings. The summed E-state index contributed by atoms with van der Waals surface area (Å²) in [7, 11) is 0. The summed E-state index contributed by atoms with van der Waals surface area (Å²) < 4.78 is 19.7. The standard InChI is InChI=1S/C14H15BrFNOS/c1-3-18-13-7-11(16)4-5-12(13)17-9(2)14-6-10(15)8-19-14/h4-9,17H,3H2,1-2H3. The lowest BCUT2D eigenvalue weighted by molar-refractivity contribution is 0.339. The van der Waals surface area contributed by atoms with E-state index in [0.29, 0.717) is 12.4 Å². The molecule has 0 aliphatic heterocycles. The Morgan fingerprint density at radius 1 is 1.42 bits per heavy atom. The Balaban J connectivity index is 2.18. The van der Waals surface area contributed by atoms with Gasteiger partial charge in [0.1, 0.15) is 11.6 Å². The first-order valence-corrected chi connectivity index (χ1v) is 7.70. The van der Waals surface area contributed by atoms with Gasteiger partial charge in [0.2, 0.25) is 0 Å². The summed E-state index contributed by atoms with van der Waals surface area (Å²) >= 11 is 5.12. The van der Waals surface area contributed by atoms with Gasteiger partial charge in [0, 0.05) is 20.8 Å². The Bertz CT molecular complexity index is 558. The van der Waals surface area contributed by atoms with E-state index in [2.05, 4.69) is 34.2 Å². The van der Waals surface area contributed by atoms with Crippen LogP contribution in [0.15, 0.2) is 34.1 Å². The normalized spacial score (nSPS) is 12.2. The van der Waals surface area contributed by atoms with Gasteiger partial charge in [-0.2, -0.15) is 0 Å². The smallest absolute Gasteiger partial charge is 0.145 e. The van der Waals surface area contributed by atoms with E-state index < -0.39 is 0 Å². The van der Waals surface area contributed by atoms with Crippen LogP contribution in [-0.2, 0) is 0 Å². The molecule has 0 aliphatic carbocycles. The van der Waals surface area contributed by atoms with Crippen molar-refractivity contribution in [1.82, 2.24) is 0 Å². The van der Waals surface area contributed by atoms with Crippen LogP contribution in [0.1, 0.15) is 24.8 Å². The minimum absolute atomic E-state index is 0.140. The second-order valence-electron chi connectivity index (χ2n) is 4.11. The molecule has 1 aromatic carbocycles. The second kappa shape index (κ2) is 6.39. The topological polar surface area (TPSA) is 21.3 Å². The van der Waals surface area contributed by atoms with Crippen LogP contribution in [0.25, 0.3) is 0 Å². The molecule has 0 bridgehead atoms. The zero-order valence-corrected chi connectivity index (χ0v) is 13.1. The molecule has 0 saturated heterocycles. The molecule has 2 rings (SSSR count). The van der Waals surface area contributed by atoms with Crippen LogP contribution in [0.2, 0.25) is 0 Å². The maximum absolute atomic E-state index is 13.2. The second-order valence-corrected chi connectivity index (χ2v) is 5.97. The van der Waals surface area contributed by atoms with E-state index in [-0.39, 0.29) is 11.9 Å². The molecule has 2 aromatic rings. The van der Waals surface area contributed by atoms with Gasteiger partial charge in [-0.25, -0.2) is 4.39 Å². The van der Waals surface area contributed by atoms with Crippen LogP contribution < -0.4 is 10.1 Å². The zero-order chi connectivity index (χ0) is 13.8. The molecule has 0 aliphatic rings. The highest BCUT2D eigenvalue weighted by Gasteiger charge is 2.11. The van der Waals surface area contributed by atoms with Crippen molar-refractivity contribution in [1.29, 1.82) is 0 Å². The van der Waals surface area contributed by atoms with E-state index in [1.165, 1.54) is 17.0 Å². The summed E-state index contributed by atoms with van der Waals surface area (Å²) in [5, 5.41) is 5.39. The highest BCUT2D eigenvalue weighted by Crippen LogP contribution is 2.32. The first-order valence-electron chi connectivity index (χ1n) is 6.03. The summed E-state index contributed by atoms with van der Waals surface area (Å²) in [5.74, 6) is 0.255. The van der Waals surface area contributed by atoms with Crippen molar-refractivity contribution < 1.29 is 9.13 Å². The Hall–Kier alpha value is -1.07. The van der Waals surface area contributed by atoms with Gasteiger partial charge < -0.3 is 10.1 Å². The third-order valence-electron chi connectivity index (χ3n) is 2.63. The number of ether oxygens (including phenoxy) is 1. The lowest BCUT2D eigenvalue weighted by atomic mass is 10.2. The van der Waals surface area contributed by atoms with E-state index in [0.717, 1.165) is 10.2 Å². The third kappa shape index (κ3) is 3.70. The fraction of sp³-hybridized carbons (Fsp3) is 0.286. The molecular weight excluding hydrogens is 329 g/mol. The van der Waals surface area contributed by atoms with E-state index in [9.17, 15) is 4.39 Å². The minimum atomic E-state index is -0.291. The Morgan fingerprint density at radius 3 is 2.84 bits per heavy atom.